The molecular weight excluding hydrogens is 402 g/mol. The topological polar surface area (TPSA) is 69.2 Å². The fourth-order valence-corrected chi connectivity index (χ4v) is 4.48. The molecule has 3 rings (SSSR count). The normalized spacial score (nSPS) is 18.8. The molecule has 2 aliphatic rings. The van der Waals surface area contributed by atoms with Gasteiger partial charge in [0.1, 0.15) is 0 Å². The molecule has 1 aromatic rings. The van der Waals surface area contributed by atoms with Gasteiger partial charge in [0.05, 0.1) is 13.2 Å². The Kier molecular flexibility index (Phi) is 10.1. The van der Waals surface area contributed by atoms with Gasteiger partial charge in [-0.3, -0.25) is 4.90 Å². The summed E-state index contributed by atoms with van der Waals surface area (Å²) in [6.07, 6.45) is 6.97. The second-order valence-electron chi connectivity index (χ2n) is 8.81. The number of amides is 1. The number of nitrogens with one attached hydrogen (secondary N) is 2. The maximum atomic E-state index is 11.9. The van der Waals surface area contributed by atoms with Crippen molar-refractivity contribution >= 4 is 12.1 Å². The predicted molar refractivity (Wildman–Crippen MR) is 130 cm³/mol. The SMILES string of the molecule is CCNC(=NCc1cccc(CN2CCCCCC2)c1)NC1CCN(C(=O)OCC)CC1. The van der Waals surface area contributed by atoms with Gasteiger partial charge in [-0.15, -0.1) is 0 Å². The second-order valence-corrected chi connectivity index (χ2v) is 8.81. The standard InChI is InChI=1S/C25H41N5O2/c1-3-26-24(28-23-12-16-30(17-13-23)25(31)32-4-2)27-19-21-10-9-11-22(18-21)20-29-14-7-5-6-8-15-29/h9-11,18,23H,3-8,12-17,19-20H2,1-2H3,(H2,26,27,28). The number of guanidine groups is 1. The number of rotatable bonds is 7. The Bertz CT molecular complexity index is 723. The summed E-state index contributed by atoms with van der Waals surface area (Å²) < 4.78 is 5.11. The Labute approximate surface area is 193 Å². The first kappa shape index (κ1) is 24.4. The van der Waals surface area contributed by atoms with Crippen LogP contribution in [0.3, 0.4) is 0 Å². The molecule has 2 fully saturated rings. The third kappa shape index (κ3) is 8.01. The van der Waals surface area contributed by atoms with Crippen LogP contribution in [0.5, 0.6) is 0 Å². The summed E-state index contributed by atoms with van der Waals surface area (Å²) >= 11 is 0. The Morgan fingerprint density at radius 1 is 1.06 bits per heavy atom. The van der Waals surface area contributed by atoms with Crippen molar-refractivity contribution in [1.29, 1.82) is 0 Å². The molecule has 0 radical (unpaired) electrons. The fraction of sp³-hybridized carbons (Fsp3) is 0.680. The van der Waals surface area contributed by atoms with Crippen LogP contribution in [-0.4, -0.2) is 67.2 Å². The minimum Gasteiger partial charge on any atom is -0.450 e. The Balaban J connectivity index is 1.52. The third-order valence-electron chi connectivity index (χ3n) is 6.22. The minimum atomic E-state index is -0.202. The van der Waals surface area contributed by atoms with Crippen LogP contribution in [0.4, 0.5) is 4.79 Å². The van der Waals surface area contributed by atoms with Crippen LogP contribution in [-0.2, 0) is 17.8 Å². The van der Waals surface area contributed by atoms with Gasteiger partial charge in [0, 0.05) is 32.2 Å². The summed E-state index contributed by atoms with van der Waals surface area (Å²) in [6.45, 7) is 10.7. The average molecular weight is 444 g/mol. The molecule has 0 aliphatic carbocycles. The molecule has 7 nitrogen and oxygen atoms in total. The molecule has 0 unspecified atom stereocenters. The van der Waals surface area contributed by atoms with Crippen LogP contribution in [0.25, 0.3) is 0 Å². The molecule has 0 aromatic heterocycles. The highest BCUT2D eigenvalue weighted by molar-refractivity contribution is 5.80. The van der Waals surface area contributed by atoms with Crippen molar-refractivity contribution in [2.24, 2.45) is 4.99 Å². The van der Waals surface area contributed by atoms with Gasteiger partial charge < -0.3 is 20.3 Å². The van der Waals surface area contributed by atoms with E-state index in [1.165, 1.54) is 49.9 Å². The van der Waals surface area contributed by atoms with E-state index in [0.717, 1.165) is 31.9 Å². The van der Waals surface area contributed by atoms with Crippen molar-refractivity contribution < 1.29 is 9.53 Å². The number of hydrogen-bond donors (Lipinski definition) is 2. The van der Waals surface area contributed by atoms with Gasteiger partial charge in [0.25, 0.3) is 0 Å². The number of likely N-dealkylation sites (tertiary alicyclic amines) is 2. The van der Waals surface area contributed by atoms with Crippen molar-refractivity contribution in [3.8, 4) is 0 Å². The number of carbonyl (C=O) groups excluding carboxylic acids is 1. The Morgan fingerprint density at radius 3 is 2.47 bits per heavy atom. The maximum Gasteiger partial charge on any atom is 0.409 e. The molecular formula is C25H41N5O2. The van der Waals surface area contributed by atoms with Gasteiger partial charge in [-0.2, -0.15) is 0 Å². The molecule has 0 bridgehead atoms. The number of carbonyl (C=O) groups is 1. The minimum absolute atomic E-state index is 0.202. The van der Waals surface area contributed by atoms with Crippen molar-refractivity contribution in [2.45, 2.75) is 71.5 Å². The summed E-state index contributed by atoms with van der Waals surface area (Å²) in [5.41, 5.74) is 2.62. The zero-order chi connectivity index (χ0) is 22.6. The Hall–Kier alpha value is -2.28. The lowest BCUT2D eigenvalue weighted by Crippen LogP contribution is -2.49. The number of benzene rings is 1. The van der Waals surface area contributed by atoms with Crippen LogP contribution < -0.4 is 10.6 Å². The van der Waals surface area contributed by atoms with E-state index in [2.05, 4.69) is 46.7 Å². The molecule has 2 saturated heterocycles. The highest BCUT2D eigenvalue weighted by Gasteiger charge is 2.24. The molecule has 2 heterocycles. The smallest absolute Gasteiger partial charge is 0.409 e. The highest BCUT2D eigenvalue weighted by atomic mass is 16.6. The van der Waals surface area contributed by atoms with Crippen molar-refractivity contribution in [2.75, 3.05) is 39.3 Å². The van der Waals surface area contributed by atoms with Crippen LogP contribution >= 0.6 is 0 Å². The number of nitrogens with zero attached hydrogens (tertiary/aromatic N) is 3. The molecule has 0 spiro atoms. The van der Waals surface area contributed by atoms with Crippen molar-refractivity contribution in [3.05, 3.63) is 35.4 Å². The van der Waals surface area contributed by atoms with Gasteiger partial charge in [-0.25, -0.2) is 9.79 Å². The lowest BCUT2D eigenvalue weighted by atomic mass is 10.1. The fourth-order valence-electron chi connectivity index (χ4n) is 4.48. The van der Waals surface area contributed by atoms with E-state index in [9.17, 15) is 4.79 Å². The van der Waals surface area contributed by atoms with Gasteiger partial charge in [-0.05, 0) is 63.7 Å². The maximum absolute atomic E-state index is 11.9. The zero-order valence-electron chi connectivity index (χ0n) is 19.9. The van der Waals surface area contributed by atoms with E-state index in [1.807, 2.05) is 6.92 Å². The van der Waals surface area contributed by atoms with E-state index in [-0.39, 0.29) is 6.09 Å². The molecule has 2 N–H and O–H groups in total. The lowest BCUT2D eigenvalue weighted by molar-refractivity contribution is 0.0963. The Morgan fingerprint density at radius 2 is 1.78 bits per heavy atom. The second kappa shape index (κ2) is 13.3. The summed E-state index contributed by atoms with van der Waals surface area (Å²) in [6, 6.07) is 9.17. The van der Waals surface area contributed by atoms with E-state index < -0.39 is 0 Å². The first-order chi connectivity index (χ1) is 15.7. The number of aliphatic imine (C=N–C) groups is 1. The molecule has 7 heteroatoms. The summed E-state index contributed by atoms with van der Waals surface area (Å²) in [5, 5.41) is 6.92. The molecule has 178 valence electrons. The van der Waals surface area contributed by atoms with E-state index >= 15 is 0 Å². The van der Waals surface area contributed by atoms with Crippen molar-refractivity contribution in [1.82, 2.24) is 20.4 Å². The first-order valence-electron chi connectivity index (χ1n) is 12.4. The summed E-state index contributed by atoms with van der Waals surface area (Å²) in [7, 11) is 0. The van der Waals surface area contributed by atoms with E-state index in [4.69, 9.17) is 9.73 Å². The van der Waals surface area contributed by atoms with Crippen LogP contribution in [0.2, 0.25) is 0 Å². The van der Waals surface area contributed by atoms with Gasteiger partial charge in [-0.1, -0.05) is 37.1 Å². The molecule has 0 saturated carbocycles. The van der Waals surface area contributed by atoms with Gasteiger partial charge in [0.15, 0.2) is 5.96 Å². The molecule has 32 heavy (non-hydrogen) atoms. The van der Waals surface area contributed by atoms with E-state index in [1.54, 1.807) is 4.90 Å². The average Bonchev–Trinajstić information content (AvgIpc) is 3.07. The summed E-state index contributed by atoms with van der Waals surface area (Å²) in [4.78, 5) is 21.1. The highest BCUT2D eigenvalue weighted by Crippen LogP contribution is 2.15. The molecule has 2 aliphatic heterocycles. The van der Waals surface area contributed by atoms with Gasteiger partial charge in [0.2, 0.25) is 0 Å². The zero-order valence-corrected chi connectivity index (χ0v) is 19.9. The largest absolute Gasteiger partial charge is 0.450 e. The monoisotopic (exact) mass is 443 g/mol. The number of hydrogen-bond acceptors (Lipinski definition) is 4. The molecule has 0 atom stereocenters. The number of ether oxygens (including phenoxy) is 1. The number of piperidine rings is 1. The van der Waals surface area contributed by atoms with Crippen LogP contribution in [0.15, 0.2) is 29.3 Å². The molecule has 1 amide bonds. The lowest BCUT2D eigenvalue weighted by Gasteiger charge is -2.32. The predicted octanol–water partition coefficient (Wildman–Crippen LogP) is 3.74. The van der Waals surface area contributed by atoms with E-state index in [0.29, 0.717) is 32.3 Å². The van der Waals surface area contributed by atoms with Gasteiger partial charge >= 0.3 is 6.09 Å². The third-order valence-corrected chi connectivity index (χ3v) is 6.22. The van der Waals surface area contributed by atoms with Crippen LogP contribution in [0.1, 0.15) is 63.5 Å². The summed E-state index contributed by atoms with van der Waals surface area (Å²) in [5.74, 6) is 0.847. The quantitative estimate of drug-likeness (QED) is 0.496. The first-order valence-corrected chi connectivity index (χ1v) is 12.4. The van der Waals surface area contributed by atoms with Crippen molar-refractivity contribution in [3.63, 3.8) is 0 Å². The molecule has 1 aromatic carbocycles. The van der Waals surface area contributed by atoms with Crippen LogP contribution in [0, 0.1) is 0 Å².